The number of hydrogen-bond donors (Lipinski definition) is 2. The maximum atomic E-state index is 6.05. The van der Waals surface area contributed by atoms with Gasteiger partial charge in [-0.05, 0) is 30.5 Å². The fourth-order valence-electron chi connectivity index (χ4n) is 1.70. The lowest BCUT2D eigenvalue weighted by Crippen LogP contribution is -2.28. The van der Waals surface area contributed by atoms with E-state index >= 15 is 0 Å². The van der Waals surface area contributed by atoms with Crippen LogP contribution in [0.4, 0.5) is 0 Å². The summed E-state index contributed by atoms with van der Waals surface area (Å²) in [5.74, 6) is 0.728. The van der Waals surface area contributed by atoms with Crippen molar-refractivity contribution >= 4 is 11.6 Å². The van der Waals surface area contributed by atoms with Gasteiger partial charge in [0.2, 0.25) is 0 Å². The van der Waals surface area contributed by atoms with Gasteiger partial charge in [0.25, 0.3) is 0 Å². The van der Waals surface area contributed by atoms with Crippen LogP contribution in [0.15, 0.2) is 18.2 Å². The number of benzene rings is 1. The average Bonchev–Trinajstić information content (AvgIpc) is 3.13. The number of halogens is 1. The Bertz CT molecular complexity index is 366. The Morgan fingerprint density at radius 3 is 2.82 bits per heavy atom. The van der Waals surface area contributed by atoms with Crippen LogP contribution in [0, 0.1) is 0 Å². The molecule has 0 spiro atoms. The average molecular weight is 255 g/mol. The highest BCUT2D eigenvalue weighted by molar-refractivity contribution is 6.32. The quantitative estimate of drug-likeness (QED) is 0.732. The van der Waals surface area contributed by atoms with Gasteiger partial charge in [0, 0.05) is 25.7 Å². The third-order valence-corrected chi connectivity index (χ3v) is 3.15. The molecule has 94 valence electrons. The van der Waals surface area contributed by atoms with Gasteiger partial charge in [0.15, 0.2) is 0 Å². The normalized spacial score (nSPS) is 14.9. The van der Waals surface area contributed by atoms with Crippen LogP contribution in [0.2, 0.25) is 5.02 Å². The van der Waals surface area contributed by atoms with Gasteiger partial charge in [0.1, 0.15) is 5.75 Å². The van der Waals surface area contributed by atoms with E-state index in [-0.39, 0.29) is 0 Å². The minimum Gasteiger partial charge on any atom is -0.495 e. The van der Waals surface area contributed by atoms with Crippen molar-refractivity contribution < 1.29 is 4.74 Å². The second-order valence-corrected chi connectivity index (χ2v) is 4.78. The highest BCUT2D eigenvalue weighted by atomic mass is 35.5. The van der Waals surface area contributed by atoms with E-state index in [0.717, 1.165) is 31.4 Å². The fourth-order valence-corrected chi connectivity index (χ4v) is 1.99. The summed E-state index contributed by atoms with van der Waals surface area (Å²) < 4.78 is 5.11. The van der Waals surface area contributed by atoms with E-state index in [1.54, 1.807) is 7.11 Å². The third-order valence-electron chi connectivity index (χ3n) is 2.86. The summed E-state index contributed by atoms with van der Waals surface area (Å²) in [4.78, 5) is 0. The number of nitrogens with one attached hydrogen (secondary N) is 2. The highest BCUT2D eigenvalue weighted by Crippen LogP contribution is 2.24. The zero-order valence-corrected chi connectivity index (χ0v) is 10.9. The molecule has 0 atom stereocenters. The lowest BCUT2D eigenvalue weighted by atomic mass is 10.2. The molecule has 0 radical (unpaired) electrons. The van der Waals surface area contributed by atoms with Crippen molar-refractivity contribution in [3.05, 3.63) is 28.8 Å². The van der Waals surface area contributed by atoms with Gasteiger partial charge < -0.3 is 15.4 Å². The van der Waals surface area contributed by atoms with E-state index in [9.17, 15) is 0 Å². The minimum atomic E-state index is 0.669. The van der Waals surface area contributed by atoms with Crippen LogP contribution >= 0.6 is 11.6 Å². The molecule has 0 saturated heterocycles. The van der Waals surface area contributed by atoms with Crippen molar-refractivity contribution in [3.63, 3.8) is 0 Å². The molecule has 2 N–H and O–H groups in total. The molecule has 0 amide bonds. The topological polar surface area (TPSA) is 33.3 Å². The standard InChI is InChI=1S/C13H19ClN2O/c1-17-13-5-2-10(8-12(13)14)9-15-6-7-16-11-3-4-11/h2,5,8,11,15-16H,3-4,6-7,9H2,1H3. The van der Waals surface area contributed by atoms with Crippen LogP contribution in [0.5, 0.6) is 5.75 Å². The Labute approximate surface area is 107 Å². The number of methoxy groups -OCH3 is 1. The van der Waals surface area contributed by atoms with E-state index in [1.807, 2.05) is 18.2 Å². The third kappa shape index (κ3) is 4.19. The van der Waals surface area contributed by atoms with Crippen molar-refractivity contribution in [2.75, 3.05) is 20.2 Å². The Kier molecular flexibility index (Phi) is 4.66. The summed E-state index contributed by atoms with van der Waals surface area (Å²) in [5.41, 5.74) is 1.18. The van der Waals surface area contributed by atoms with Gasteiger partial charge in [-0.15, -0.1) is 0 Å². The molecule has 1 saturated carbocycles. The Morgan fingerprint density at radius 2 is 2.18 bits per heavy atom. The summed E-state index contributed by atoms with van der Waals surface area (Å²) >= 11 is 6.05. The summed E-state index contributed by atoms with van der Waals surface area (Å²) in [6.45, 7) is 2.87. The molecule has 1 aromatic rings. The molecular formula is C13H19ClN2O. The second kappa shape index (κ2) is 6.24. The predicted octanol–water partition coefficient (Wildman–Crippen LogP) is 2.19. The molecule has 0 aliphatic heterocycles. The van der Waals surface area contributed by atoms with E-state index < -0.39 is 0 Å². The van der Waals surface area contributed by atoms with Crippen molar-refractivity contribution in [2.24, 2.45) is 0 Å². The largest absolute Gasteiger partial charge is 0.495 e. The molecule has 4 heteroatoms. The number of rotatable bonds is 7. The SMILES string of the molecule is COc1ccc(CNCCNC2CC2)cc1Cl. The zero-order valence-electron chi connectivity index (χ0n) is 10.1. The van der Waals surface area contributed by atoms with Gasteiger partial charge >= 0.3 is 0 Å². The molecule has 1 fully saturated rings. The number of ether oxygens (including phenoxy) is 1. The van der Waals surface area contributed by atoms with Crippen LogP contribution in [-0.2, 0) is 6.54 Å². The first-order chi connectivity index (χ1) is 8.29. The molecule has 3 nitrogen and oxygen atoms in total. The molecular weight excluding hydrogens is 236 g/mol. The van der Waals surface area contributed by atoms with Gasteiger partial charge in [-0.25, -0.2) is 0 Å². The van der Waals surface area contributed by atoms with E-state index in [2.05, 4.69) is 10.6 Å². The molecule has 1 aromatic carbocycles. The Balaban J connectivity index is 1.68. The molecule has 0 heterocycles. The Morgan fingerprint density at radius 1 is 1.35 bits per heavy atom. The zero-order chi connectivity index (χ0) is 12.1. The fraction of sp³-hybridized carbons (Fsp3) is 0.538. The molecule has 17 heavy (non-hydrogen) atoms. The van der Waals surface area contributed by atoms with E-state index in [1.165, 1.54) is 18.4 Å². The summed E-state index contributed by atoms with van der Waals surface area (Å²) in [7, 11) is 1.63. The Hall–Kier alpha value is -0.770. The van der Waals surface area contributed by atoms with Crippen LogP contribution < -0.4 is 15.4 Å². The molecule has 2 rings (SSSR count). The van der Waals surface area contributed by atoms with Gasteiger partial charge in [-0.3, -0.25) is 0 Å². The summed E-state index contributed by atoms with van der Waals surface area (Å²) in [6.07, 6.45) is 2.68. The van der Waals surface area contributed by atoms with Crippen molar-refractivity contribution in [1.82, 2.24) is 10.6 Å². The van der Waals surface area contributed by atoms with Crippen LogP contribution in [0.3, 0.4) is 0 Å². The first-order valence-electron chi connectivity index (χ1n) is 6.06. The number of hydrogen-bond acceptors (Lipinski definition) is 3. The monoisotopic (exact) mass is 254 g/mol. The molecule has 0 bridgehead atoms. The van der Waals surface area contributed by atoms with Crippen molar-refractivity contribution in [3.8, 4) is 5.75 Å². The molecule has 0 unspecified atom stereocenters. The molecule has 0 aromatic heterocycles. The molecule has 1 aliphatic rings. The maximum Gasteiger partial charge on any atom is 0.137 e. The molecule has 1 aliphatic carbocycles. The van der Waals surface area contributed by atoms with Gasteiger partial charge in [0.05, 0.1) is 12.1 Å². The first-order valence-corrected chi connectivity index (χ1v) is 6.44. The van der Waals surface area contributed by atoms with Crippen LogP contribution in [-0.4, -0.2) is 26.2 Å². The van der Waals surface area contributed by atoms with Crippen LogP contribution in [0.25, 0.3) is 0 Å². The van der Waals surface area contributed by atoms with Crippen molar-refractivity contribution in [1.29, 1.82) is 0 Å². The van der Waals surface area contributed by atoms with E-state index in [4.69, 9.17) is 16.3 Å². The smallest absolute Gasteiger partial charge is 0.137 e. The summed E-state index contributed by atoms with van der Waals surface area (Å²) in [6, 6.07) is 6.67. The van der Waals surface area contributed by atoms with E-state index in [0.29, 0.717) is 5.02 Å². The highest BCUT2D eigenvalue weighted by Gasteiger charge is 2.19. The summed E-state index contributed by atoms with van der Waals surface area (Å²) in [5, 5.41) is 7.52. The second-order valence-electron chi connectivity index (χ2n) is 4.37. The predicted molar refractivity (Wildman–Crippen MR) is 70.7 cm³/mol. The maximum absolute atomic E-state index is 6.05. The van der Waals surface area contributed by atoms with Crippen molar-refractivity contribution in [2.45, 2.75) is 25.4 Å². The lowest BCUT2D eigenvalue weighted by Gasteiger charge is -2.08. The van der Waals surface area contributed by atoms with Gasteiger partial charge in [-0.2, -0.15) is 0 Å². The van der Waals surface area contributed by atoms with Crippen LogP contribution in [0.1, 0.15) is 18.4 Å². The van der Waals surface area contributed by atoms with Gasteiger partial charge in [-0.1, -0.05) is 17.7 Å². The lowest BCUT2D eigenvalue weighted by molar-refractivity contribution is 0.415. The minimum absolute atomic E-state index is 0.669. The first kappa shape index (κ1) is 12.7.